The average molecular weight is 431 g/mol. The van der Waals surface area contributed by atoms with Crippen LogP contribution in [0.25, 0.3) is 0 Å². The van der Waals surface area contributed by atoms with Gasteiger partial charge in [-0.2, -0.15) is 0 Å². The van der Waals surface area contributed by atoms with Crippen LogP contribution in [0.1, 0.15) is 65.3 Å². The van der Waals surface area contributed by atoms with Crippen LogP contribution in [-0.2, 0) is 23.9 Å². The largest absolute Gasteiger partial charge is 0.481 e. The molecule has 31 heavy (non-hydrogen) atoms. The standard InChI is InChI=1S/C23H28O4.C2H4O2.H2/c1-23-11-10-16-17(21(23)19(24)9-8-18(23)22(26)27-2)12-15(13-20(16)25)14-6-4-3-5-7-14;1-2(3)4;/h3-7,15-18,21H,8-13H2,1-2H3;1H3,(H,3,4);1H/t15-,16-,17?,18+,21+,23+;;/m1../s1. The number of benzene rings is 1. The monoisotopic (exact) mass is 430 g/mol. The number of carbonyl (C=O) groups is 4. The van der Waals surface area contributed by atoms with Gasteiger partial charge >= 0.3 is 5.97 Å². The second-order valence-electron chi connectivity index (χ2n) is 9.41. The van der Waals surface area contributed by atoms with Gasteiger partial charge in [0.15, 0.2) is 0 Å². The minimum Gasteiger partial charge on any atom is -0.481 e. The first kappa shape index (κ1) is 23.2. The second-order valence-corrected chi connectivity index (χ2v) is 9.41. The van der Waals surface area contributed by atoms with Crippen molar-refractivity contribution in [2.75, 3.05) is 7.11 Å². The van der Waals surface area contributed by atoms with Gasteiger partial charge in [-0.3, -0.25) is 19.2 Å². The maximum absolute atomic E-state index is 13.0. The summed E-state index contributed by atoms with van der Waals surface area (Å²) in [5.74, 6) is -0.728. The van der Waals surface area contributed by atoms with Crippen LogP contribution in [-0.4, -0.2) is 35.7 Å². The molecule has 170 valence electrons. The molecule has 3 aliphatic rings. The predicted molar refractivity (Wildman–Crippen MR) is 116 cm³/mol. The number of methoxy groups -OCH3 is 1. The zero-order valence-electron chi connectivity index (χ0n) is 18.5. The normalized spacial score (nSPS) is 34.5. The van der Waals surface area contributed by atoms with Crippen LogP contribution in [0.4, 0.5) is 0 Å². The molecule has 6 heteroatoms. The molecule has 0 saturated heterocycles. The lowest BCUT2D eigenvalue weighted by Gasteiger charge is -2.55. The fraction of sp³-hybridized carbons (Fsp3) is 0.600. The number of hydrogen-bond donors (Lipinski definition) is 1. The first-order chi connectivity index (χ1) is 14.7. The third kappa shape index (κ3) is 4.58. The van der Waals surface area contributed by atoms with E-state index in [1.165, 1.54) is 12.7 Å². The maximum atomic E-state index is 13.0. The summed E-state index contributed by atoms with van der Waals surface area (Å²) < 4.78 is 5.07. The lowest BCUT2D eigenvalue weighted by Crippen LogP contribution is -2.56. The van der Waals surface area contributed by atoms with Crippen molar-refractivity contribution in [1.82, 2.24) is 0 Å². The van der Waals surface area contributed by atoms with Crippen LogP contribution >= 0.6 is 0 Å². The number of rotatable bonds is 2. The molecule has 3 saturated carbocycles. The Kier molecular flexibility index (Phi) is 6.97. The number of esters is 1. The number of fused-ring (bicyclic) bond motifs is 3. The molecule has 4 rings (SSSR count). The molecule has 0 amide bonds. The lowest BCUT2D eigenvalue weighted by atomic mass is 9.47. The fourth-order valence-electron chi connectivity index (χ4n) is 6.34. The molecule has 3 fully saturated rings. The minimum atomic E-state index is -0.833. The highest BCUT2D eigenvalue weighted by molar-refractivity contribution is 5.89. The first-order valence-electron chi connectivity index (χ1n) is 11.1. The molecule has 1 aromatic rings. The van der Waals surface area contributed by atoms with Crippen LogP contribution in [0.2, 0.25) is 0 Å². The molecule has 1 unspecified atom stereocenters. The van der Waals surface area contributed by atoms with Crippen molar-refractivity contribution in [2.24, 2.45) is 29.1 Å². The fourth-order valence-corrected chi connectivity index (χ4v) is 6.34. The third-order valence-corrected chi connectivity index (χ3v) is 7.65. The highest BCUT2D eigenvalue weighted by Crippen LogP contribution is 2.59. The van der Waals surface area contributed by atoms with Crippen molar-refractivity contribution >= 4 is 23.5 Å². The lowest BCUT2D eigenvalue weighted by molar-refractivity contribution is -0.167. The Morgan fingerprint density at radius 2 is 1.77 bits per heavy atom. The number of Topliss-reactive ketones (excluding diaryl/α,β-unsaturated/α-hetero) is 2. The number of carboxylic acid groups (broad SMARTS) is 1. The zero-order valence-corrected chi connectivity index (χ0v) is 18.5. The van der Waals surface area contributed by atoms with Crippen LogP contribution in [0, 0.1) is 29.1 Å². The number of aliphatic carboxylic acids is 1. The van der Waals surface area contributed by atoms with E-state index >= 15 is 0 Å². The molecule has 1 N–H and O–H groups in total. The van der Waals surface area contributed by atoms with Crippen molar-refractivity contribution in [1.29, 1.82) is 0 Å². The van der Waals surface area contributed by atoms with Crippen LogP contribution in [0.15, 0.2) is 30.3 Å². The Morgan fingerprint density at radius 1 is 1.13 bits per heavy atom. The van der Waals surface area contributed by atoms with Crippen molar-refractivity contribution in [2.45, 2.75) is 58.3 Å². The van der Waals surface area contributed by atoms with E-state index in [9.17, 15) is 14.4 Å². The van der Waals surface area contributed by atoms with Crippen LogP contribution in [0.5, 0.6) is 0 Å². The van der Waals surface area contributed by atoms with Crippen molar-refractivity contribution in [3.63, 3.8) is 0 Å². The van der Waals surface area contributed by atoms with Gasteiger partial charge in [-0.05, 0) is 48.5 Å². The molecule has 1 aromatic carbocycles. The molecule has 0 heterocycles. The van der Waals surface area contributed by atoms with Crippen LogP contribution < -0.4 is 0 Å². The first-order valence-corrected chi connectivity index (χ1v) is 11.1. The van der Waals surface area contributed by atoms with Gasteiger partial charge in [0.2, 0.25) is 0 Å². The van der Waals surface area contributed by atoms with Gasteiger partial charge in [0.1, 0.15) is 11.6 Å². The molecule has 0 aromatic heterocycles. The van der Waals surface area contributed by atoms with Crippen molar-refractivity contribution in [3.8, 4) is 0 Å². The van der Waals surface area contributed by atoms with Crippen LogP contribution in [0.3, 0.4) is 0 Å². The number of carboxylic acids is 1. The SMILES string of the molecule is CC(=O)O.COC(=O)[C@@H]1CCC(=O)[C@@H]2C3C[C@@H](c4ccccc4)CC(=O)[C@@H]3CC[C@]21C.[HH]. The highest BCUT2D eigenvalue weighted by Gasteiger charge is 2.59. The van der Waals surface area contributed by atoms with Gasteiger partial charge in [0, 0.05) is 33.0 Å². The van der Waals surface area contributed by atoms with Gasteiger partial charge in [-0.1, -0.05) is 37.3 Å². The molecule has 6 atom stereocenters. The number of hydrogen-bond acceptors (Lipinski definition) is 5. The Morgan fingerprint density at radius 3 is 2.39 bits per heavy atom. The summed E-state index contributed by atoms with van der Waals surface area (Å²) >= 11 is 0. The van der Waals surface area contributed by atoms with E-state index < -0.39 is 5.97 Å². The number of ether oxygens (including phenoxy) is 1. The molecular formula is C25H34O6. The Hall–Kier alpha value is -2.50. The Bertz CT molecular complexity index is 849. The summed E-state index contributed by atoms with van der Waals surface area (Å²) in [4.78, 5) is 47.4. The molecule has 0 radical (unpaired) electrons. The van der Waals surface area contributed by atoms with Crippen molar-refractivity contribution in [3.05, 3.63) is 35.9 Å². The predicted octanol–water partition coefficient (Wildman–Crippen LogP) is 4.27. The Labute approximate surface area is 184 Å². The van der Waals surface area contributed by atoms with Gasteiger partial charge in [-0.15, -0.1) is 0 Å². The molecule has 3 aliphatic carbocycles. The van der Waals surface area contributed by atoms with E-state index in [1.807, 2.05) is 18.2 Å². The maximum Gasteiger partial charge on any atom is 0.309 e. The summed E-state index contributed by atoms with van der Waals surface area (Å²) in [6.45, 7) is 3.17. The average Bonchev–Trinajstić information content (AvgIpc) is 2.73. The zero-order chi connectivity index (χ0) is 22.8. The molecular weight excluding hydrogens is 396 g/mol. The summed E-state index contributed by atoms with van der Waals surface area (Å²) in [6.07, 6.45) is 3.98. The van der Waals surface area contributed by atoms with E-state index in [0.717, 1.165) is 26.2 Å². The highest BCUT2D eigenvalue weighted by atomic mass is 16.5. The smallest absolute Gasteiger partial charge is 0.309 e. The molecule has 6 nitrogen and oxygen atoms in total. The number of ketones is 2. The Balaban J connectivity index is 0.000000672. The van der Waals surface area contributed by atoms with Gasteiger partial charge < -0.3 is 9.84 Å². The van der Waals surface area contributed by atoms with E-state index in [-0.39, 0.29) is 48.2 Å². The van der Waals surface area contributed by atoms with Crippen molar-refractivity contribution < 1.29 is 30.4 Å². The quantitative estimate of drug-likeness (QED) is 0.704. The van der Waals surface area contributed by atoms with E-state index in [2.05, 4.69) is 19.1 Å². The summed E-state index contributed by atoms with van der Waals surface area (Å²) in [6, 6.07) is 10.2. The number of carbonyl (C=O) groups excluding carboxylic acids is 3. The van der Waals surface area contributed by atoms with E-state index in [1.54, 1.807) is 0 Å². The summed E-state index contributed by atoms with van der Waals surface area (Å²) in [7, 11) is 1.43. The van der Waals surface area contributed by atoms with Gasteiger partial charge in [0.25, 0.3) is 5.97 Å². The molecule has 0 bridgehead atoms. The summed E-state index contributed by atoms with van der Waals surface area (Å²) in [5.41, 5.74) is 0.798. The summed E-state index contributed by atoms with van der Waals surface area (Å²) in [5, 5.41) is 7.42. The minimum absolute atomic E-state index is 0. The molecule has 0 spiro atoms. The van der Waals surface area contributed by atoms with E-state index in [4.69, 9.17) is 14.6 Å². The molecule has 0 aliphatic heterocycles. The third-order valence-electron chi connectivity index (χ3n) is 7.65. The second kappa shape index (κ2) is 9.33. The van der Waals surface area contributed by atoms with E-state index in [0.29, 0.717) is 25.0 Å². The van der Waals surface area contributed by atoms with Gasteiger partial charge in [0.05, 0.1) is 13.0 Å². The van der Waals surface area contributed by atoms with Gasteiger partial charge in [-0.25, -0.2) is 0 Å². The topological polar surface area (TPSA) is 97.7 Å².